The molecule has 3 N–H and O–H groups in total. The van der Waals surface area contributed by atoms with Gasteiger partial charge >= 0.3 is 0 Å². The highest BCUT2D eigenvalue weighted by Crippen LogP contribution is 2.11. The summed E-state index contributed by atoms with van der Waals surface area (Å²) in [5.41, 5.74) is 0.261. The molecule has 0 atom stereocenters. The Morgan fingerprint density at radius 2 is 2.00 bits per heavy atom. The molecular formula is C7H7N3O2. The number of H-pyrrole nitrogens is 1. The number of aromatic nitrogens is 1. The fourth-order valence-corrected chi connectivity index (χ4v) is 1.11. The zero-order chi connectivity index (χ0) is 8.55. The maximum atomic E-state index is 11.1. The van der Waals surface area contributed by atoms with Crippen molar-refractivity contribution in [3.05, 3.63) is 28.0 Å². The number of pyridine rings is 1. The number of hydrogen-bond acceptors (Lipinski definition) is 3. The van der Waals surface area contributed by atoms with Crippen LogP contribution in [0, 0.1) is 0 Å². The number of aromatic amines is 1. The van der Waals surface area contributed by atoms with Crippen molar-refractivity contribution >= 4 is 11.7 Å². The molecule has 5 nitrogen and oxygen atoms in total. The topological polar surface area (TPSA) is 74.0 Å². The summed E-state index contributed by atoms with van der Waals surface area (Å²) in [6, 6.07) is 2.82. The van der Waals surface area contributed by atoms with Gasteiger partial charge in [-0.3, -0.25) is 9.59 Å². The Hall–Kier alpha value is -1.78. The van der Waals surface area contributed by atoms with Gasteiger partial charge in [0, 0.05) is 6.07 Å². The van der Waals surface area contributed by atoms with Crippen LogP contribution in [0.5, 0.6) is 0 Å². The summed E-state index contributed by atoms with van der Waals surface area (Å²) >= 11 is 0. The summed E-state index contributed by atoms with van der Waals surface area (Å²) in [5, 5.41) is 5.43. The van der Waals surface area contributed by atoms with E-state index in [1.165, 1.54) is 12.1 Å². The van der Waals surface area contributed by atoms with E-state index in [1.807, 2.05) is 0 Å². The Labute approximate surface area is 67.8 Å². The summed E-state index contributed by atoms with van der Waals surface area (Å²) in [5.74, 6) is 0.325. The van der Waals surface area contributed by atoms with Crippen LogP contribution in [0.2, 0.25) is 0 Å². The SMILES string of the molecule is O=C1NCNc2[nH]c(=O)ccc21. The first-order chi connectivity index (χ1) is 5.77. The lowest BCUT2D eigenvalue weighted by atomic mass is 10.2. The van der Waals surface area contributed by atoms with Gasteiger partial charge in [0.05, 0.1) is 12.2 Å². The van der Waals surface area contributed by atoms with Gasteiger partial charge in [0.25, 0.3) is 5.91 Å². The van der Waals surface area contributed by atoms with Crippen LogP contribution in [0.1, 0.15) is 10.4 Å². The molecule has 12 heavy (non-hydrogen) atoms. The second-order valence-corrected chi connectivity index (χ2v) is 2.47. The third-order valence-corrected chi connectivity index (χ3v) is 1.68. The number of fused-ring (bicyclic) bond motifs is 1. The van der Waals surface area contributed by atoms with Crippen LogP contribution < -0.4 is 16.2 Å². The Bertz CT molecular complexity index is 382. The number of carbonyl (C=O) groups is 1. The van der Waals surface area contributed by atoms with E-state index in [9.17, 15) is 9.59 Å². The smallest absolute Gasteiger partial charge is 0.256 e. The molecule has 0 saturated heterocycles. The third kappa shape index (κ3) is 0.952. The molecule has 0 radical (unpaired) electrons. The van der Waals surface area contributed by atoms with Crippen LogP contribution in [0.15, 0.2) is 16.9 Å². The first kappa shape index (κ1) is 6.90. The lowest BCUT2D eigenvalue weighted by Crippen LogP contribution is -2.36. The second-order valence-electron chi connectivity index (χ2n) is 2.47. The predicted octanol–water partition coefficient (Wildman–Crippen LogP) is -0.512. The Kier molecular flexibility index (Phi) is 1.36. The van der Waals surface area contributed by atoms with Gasteiger partial charge in [-0.1, -0.05) is 0 Å². The average Bonchev–Trinajstić information content (AvgIpc) is 2.04. The lowest BCUT2D eigenvalue weighted by Gasteiger charge is -2.16. The van der Waals surface area contributed by atoms with Crippen molar-refractivity contribution in [2.75, 3.05) is 12.0 Å². The molecule has 0 spiro atoms. The van der Waals surface area contributed by atoms with Crippen molar-refractivity contribution in [2.24, 2.45) is 0 Å². The number of anilines is 1. The Morgan fingerprint density at radius 1 is 1.17 bits per heavy atom. The number of rotatable bonds is 0. The quantitative estimate of drug-likeness (QED) is 0.484. The van der Waals surface area contributed by atoms with Crippen molar-refractivity contribution in [3.8, 4) is 0 Å². The van der Waals surface area contributed by atoms with Crippen molar-refractivity contribution in [1.82, 2.24) is 10.3 Å². The van der Waals surface area contributed by atoms with E-state index in [-0.39, 0.29) is 11.5 Å². The van der Waals surface area contributed by atoms with E-state index in [0.717, 1.165) is 0 Å². The molecule has 1 aliphatic heterocycles. The van der Waals surface area contributed by atoms with Gasteiger partial charge < -0.3 is 15.6 Å². The minimum atomic E-state index is -0.212. The molecule has 1 aliphatic rings. The van der Waals surface area contributed by atoms with E-state index in [4.69, 9.17) is 0 Å². The van der Waals surface area contributed by atoms with Gasteiger partial charge in [-0.15, -0.1) is 0 Å². The summed E-state index contributed by atoms with van der Waals surface area (Å²) < 4.78 is 0. The van der Waals surface area contributed by atoms with Crippen molar-refractivity contribution in [3.63, 3.8) is 0 Å². The first-order valence-electron chi connectivity index (χ1n) is 3.53. The minimum Gasteiger partial charge on any atom is -0.354 e. The molecule has 0 unspecified atom stereocenters. The fourth-order valence-electron chi connectivity index (χ4n) is 1.11. The van der Waals surface area contributed by atoms with Crippen LogP contribution in [0.4, 0.5) is 5.82 Å². The maximum Gasteiger partial charge on any atom is 0.256 e. The highest BCUT2D eigenvalue weighted by Gasteiger charge is 2.15. The van der Waals surface area contributed by atoms with E-state index < -0.39 is 0 Å². The monoisotopic (exact) mass is 165 g/mol. The highest BCUT2D eigenvalue weighted by molar-refractivity contribution is 6.00. The normalized spacial score (nSPS) is 14.5. The number of hydrogen-bond donors (Lipinski definition) is 3. The largest absolute Gasteiger partial charge is 0.354 e. The van der Waals surface area contributed by atoms with Gasteiger partial charge in [0.15, 0.2) is 0 Å². The Morgan fingerprint density at radius 3 is 2.83 bits per heavy atom. The molecule has 2 heterocycles. The highest BCUT2D eigenvalue weighted by atomic mass is 16.2. The van der Waals surface area contributed by atoms with Crippen molar-refractivity contribution in [2.45, 2.75) is 0 Å². The van der Waals surface area contributed by atoms with E-state index in [2.05, 4.69) is 15.6 Å². The first-order valence-corrected chi connectivity index (χ1v) is 3.53. The van der Waals surface area contributed by atoms with Crippen molar-refractivity contribution in [1.29, 1.82) is 0 Å². The predicted molar refractivity (Wildman–Crippen MR) is 43.0 cm³/mol. The van der Waals surface area contributed by atoms with Gasteiger partial charge in [0.2, 0.25) is 5.56 Å². The summed E-state index contributed by atoms with van der Waals surface area (Å²) in [6.45, 7) is 0.353. The minimum absolute atomic E-state index is 0.167. The van der Waals surface area contributed by atoms with Gasteiger partial charge in [-0.25, -0.2) is 0 Å². The third-order valence-electron chi connectivity index (χ3n) is 1.68. The molecule has 0 fully saturated rings. The molecule has 0 saturated carbocycles. The lowest BCUT2D eigenvalue weighted by molar-refractivity contribution is 0.0952. The molecule has 1 aromatic rings. The van der Waals surface area contributed by atoms with Gasteiger partial charge in [-0.05, 0) is 6.07 Å². The van der Waals surface area contributed by atoms with Gasteiger partial charge in [-0.2, -0.15) is 0 Å². The molecular weight excluding hydrogens is 158 g/mol. The van der Waals surface area contributed by atoms with Crippen LogP contribution in [-0.2, 0) is 0 Å². The molecule has 62 valence electrons. The second kappa shape index (κ2) is 2.37. The summed E-state index contributed by atoms with van der Waals surface area (Å²) in [6.07, 6.45) is 0. The van der Waals surface area contributed by atoms with Crippen molar-refractivity contribution < 1.29 is 4.79 Å². The molecule has 2 rings (SSSR count). The molecule has 1 amide bonds. The molecule has 1 aromatic heterocycles. The number of carbonyl (C=O) groups excluding carboxylic acids is 1. The van der Waals surface area contributed by atoms with Crippen LogP contribution >= 0.6 is 0 Å². The molecule has 0 aromatic carbocycles. The summed E-state index contributed by atoms with van der Waals surface area (Å²) in [4.78, 5) is 24.5. The van der Waals surface area contributed by atoms with Crippen LogP contribution in [-0.4, -0.2) is 17.6 Å². The van der Waals surface area contributed by atoms with Crippen LogP contribution in [0.3, 0.4) is 0 Å². The van der Waals surface area contributed by atoms with E-state index >= 15 is 0 Å². The van der Waals surface area contributed by atoms with Gasteiger partial charge in [0.1, 0.15) is 5.82 Å². The number of nitrogens with one attached hydrogen (secondary N) is 3. The van der Waals surface area contributed by atoms with E-state index in [1.54, 1.807) is 0 Å². The van der Waals surface area contributed by atoms with Crippen LogP contribution in [0.25, 0.3) is 0 Å². The number of amides is 1. The Balaban J connectivity index is 2.60. The van der Waals surface area contributed by atoms with E-state index in [0.29, 0.717) is 18.1 Å². The molecule has 0 aliphatic carbocycles. The average molecular weight is 165 g/mol. The maximum absolute atomic E-state index is 11.1. The zero-order valence-electron chi connectivity index (χ0n) is 6.18. The molecule has 5 heteroatoms. The standard InChI is InChI=1S/C7H7N3O2/c11-5-2-1-4-6(10-5)8-3-9-7(4)12/h1-2H,3H2,(H,9,12)(H2,8,10,11). The zero-order valence-corrected chi connectivity index (χ0v) is 6.18. The molecule has 0 bridgehead atoms. The fraction of sp³-hybridized carbons (Fsp3) is 0.143. The summed E-state index contributed by atoms with van der Waals surface area (Å²) in [7, 11) is 0.